The van der Waals surface area contributed by atoms with E-state index in [1.807, 2.05) is 0 Å². The first-order valence-electron chi connectivity index (χ1n) is 4.84. The highest BCUT2D eigenvalue weighted by Gasteiger charge is 2.10. The molecular formula is C12H11ClO4. The van der Waals surface area contributed by atoms with Gasteiger partial charge in [-0.1, -0.05) is 12.1 Å². The zero-order chi connectivity index (χ0) is 12.8. The van der Waals surface area contributed by atoms with Gasteiger partial charge in [0.15, 0.2) is 0 Å². The van der Waals surface area contributed by atoms with Crippen LogP contribution in [-0.2, 0) is 9.53 Å². The number of esters is 1. The number of phenolic OH excluding ortho intramolecular Hbond substituents is 1. The monoisotopic (exact) mass is 254 g/mol. The zero-order valence-corrected chi connectivity index (χ0v) is 9.90. The van der Waals surface area contributed by atoms with E-state index in [4.69, 9.17) is 16.3 Å². The van der Waals surface area contributed by atoms with Crippen LogP contribution in [0.25, 0.3) is 0 Å². The SMILES string of the molecule is C/C(=C/COC(=O)c1ccccc1O)C(=O)Cl. The molecule has 0 fully saturated rings. The Morgan fingerprint density at radius 3 is 2.65 bits per heavy atom. The van der Waals surface area contributed by atoms with Crippen LogP contribution in [0, 0.1) is 0 Å². The first-order valence-corrected chi connectivity index (χ1v) is 5.22. The lowest BCUT2D eigenvalue weighted by Crippen LogP contribution is -2.06. The van der Waals surface area contributed by atoms with E-state index in [9.17, 15) is 14.7 Å². The molecular weight excluding hydrogens is 244 g/mol. The summed E-state index contributed by atoms with van der Waals surface area (Å²) >= 11 is 5.20. The number of halogens is 1. The van der Waals surface area contributed by atoms with E-state index in [2.05, 4.69) is 0 Å². The quantitative estimate of drug-likeness (QED) is 0.509. The molecule has 0 unspecified atom stereocenters. The topological polar surface area (TPSA) is 63.6 Å². The van der Waals surface area contributed by atoms with Gasteiger partial charge in [0.25, 0.3) is 0 Å². The normalized spacial score (nSPS) is 11.1. The Labute approximate surface area is 103 Å². The Kier molecular flexibility index (Phi) is 4.72. The summed E-state index contributed by atoms with van der Waals surface area (Å²) in [5.74, 6) is -0.805. The van der Waals surface area contributed by atoms with Crippen LogP contribution in [0.1, 0.15) is 17.3 Å². The molecule has 1 rings (SSSR count). The Morgan fingerprint density at radius 2 is 2.06 bits per heavy atom. The maximum Gasteiger partial charge on any atom is 0.342 e. The molecule has 0 aliphatic rings. The van der Waals surface area contributed by atoms with Crippen LogP contribution in [0.3, 0.4) is 0 Å². The molecule has 0 saturated heterocycles. The molecule has 0 saturated carbocycles. The van der Waals surface area contributed by atoms with Crippen LogP contribution in [0.2, 0.25) is 0 Å². The van der Waals surface area contributed by atoms with E-state index in [0.717, 1.165) is 0 Å². The Morgan fingerprint density at radius 1 is 1.41 bits per heavy atom. The standard InChI is InChI=1S/C12H11ClO4/c1-8(11(13)15)6-7-17-12(16)9-4-2-3-5-10(9)14/h2-6,14H,7H2,1H3/b8-6-. The third-order valence-corrected chi connectivity index (χ3v) is 2.34. The van der Waals surface area contributed by atoms with Gasteiger partial charge in [0.2, 0.25) is 5.24 Å². The average Bonchev–Trinajstić information content (AvgIpc) is 2.29. The van der Waals surface area contributed by atoms with E-state index < -0.39 is 11.2 Å². The second kappa shape index (κ2) is 6.06. The number of allylic oxidation sites excluding steroid dienone is 1. The molecule has 0 atom stereocenters. The molecule has 90 valence electrons. The fourth-order valence-corrected chi connectivity index (χ4v) is 1.12. The van der Waals surface area contributed by atoms with Gasteiger partial charge in [-0.15, -0.1) is 0 Å². The summed E-state index contributed by atoms with van der Waals surface area (Å²) in [6.07, 6.45) is 1.40. The first kappa shape index (κ1) is 13.3. The molecule has 1 aromatic rings. The third-order valence-electron chi connectivity index (χ3n) is 2.04. The maximum absolute atomic E-state index is 11.5. The molecule has 0 spiro atoms. The van der Waals surface area contributed by atoms with Gasteiger partial charge in [-0.05, 0) is 36.7 Å². The van der Waals surface area contributed by atoms with E-state index in [-0.39, 0.29) is 17.9 Å². The molecule has 17 heavy (non-hydrogen) atoms. The maximum atomic E-state index is 11.5. The van der Waals surface area contributed by atoms with E-state index in [1.165, 1.54) is 25.1 Å². The van der Waals surface area contributed by atoms with Gasteiger partial charge in [-0.2, -0.15) is 0 Å². The fourth-order valence-electron chi connectivity index (χ4n) is 1.05. The van der Waals surface area contributed by atoms with E-state index in [1.54, 1.807) is 12.1 Å². The van der Waals surface area contributed by atoms with E-state index in [0.29, 0.717) is 5.57 Å². The minimum atomic E-state index is -0.658. The van der Waals surface area contributed by atoms with Gasteiger partial charge in [-0.3, -0.25) is 4.79 Å². The Balaban J connectivity index is 2.60. The van der Waals surface area contributed by atoms with Crippen molar-refractivity contribution in [3.63, 3.8) is 0 Å². The van der Waals surface area contributed by atoms with Crippen molar-refractivity contribution in [2.24, 2.45) is 0 Å². The van der Waals surface area contributed by atoms with Gasteiger partial charge < -0.3 is 9.84 Å². The van der Waals surface area contributed by atoms with Crippen molar-refractivity contribution in [3.05, 3.63) is 41.5 Å². The first-order chi connectivity index (χ1) is 8.02. The van der Waals surface area contributed by atoms with Crippen LogP contribution in [0.5, 0.6) is 5.75 Å². The van der Waals surface area contributed by atoms with Crippen molar-refractivity contribution in [2.75, 3.05) is 6.61 Å². The summed E-state index contributed by atoms with van der Waals surface area (Å²) in [4.78, 5) is 22.1. The minimum absolute atomic E-state index is 0.0720. The third kappa shape index (κ3) is 3.92. The zero-order valence-electron chi connectivity index (χ0n) is 9.14. The minimum Gasteiger partial charge on any atom is -0.507 e. The van der Waals surface area contributed by atoms with Crippen LogP contribution >= 0.6 is 11.6 Å². The molecule has 5 heteroatoms. The molecule has 0 aliphatic heterocycles. The number of ether oxygens (including phenoxy) is 1. The molecule has 1 aromatic carbocycles. The van der Waals surface area contributed by atoms with Crippen LogP contribution in [-0.4, -0.2) is 22.9 Å². The van der Waals surface area contributed by atoms with Crippen molar-refractivity contribution < 1.29 is 19.4 Å². The predicted molar refractivity (Wildman–Crippen MR) is 63.0 cm³/mol. The van der Waals surface area contributed by atoms with Crippen molar-refractivity contribution in [3.8, 4) is 5.75 Å². The van der Waals surface area contributed by atoms with E-state index >= 15 is 0 Å². The van der Waals surface area contributed by atoms with Crippen LogP contribution < -0.4 is 0 Å². The molecule has 0 radical (unpaired) electrons. The fraction of sp³-hybridized carbons (Fsp3) is 0.167. The lowest BCUT2D eigenvalue weighted by molar-refractivity contribution is -0.108. The lowest BCUT2D eigenvalue weighted by Gasteiger charge is -2.03. The van der Waals surface area contributed by atoms with Gasteiger partial charge in [0.05, 0.1) is 0 Å². The number of rotatable bonds is 4. The predicted octanol–water partition coefficient (Wildman–Crippen LogP) is 2.26. The second-order valence-corrected chi connectivity index (χ2v) is 3.62. The van der Waals surface area contributed by atoms with Crippen molar-refractivity contribution in [1.29, 1.82) is 0 Å². The highest BCUT2D eigenvalue weighted by molar-refractivity contribution is 6.67. The summed E-state index contributed by atoms with van der Waals surface area (Å²) in [5.41, 5.74) is 0.382. The lowest BCUT2D eigenvalue weighted by atomic mass is 10.2. The molecule has 1 N–H and O–H groups in total. The van der Waals surface area contributed by atoms with Gasteiger partial charge in [0.1, 0.15) is 17.9 Å². The molecule has 0 heterocycles. The number of hydrogen-bond donors (Lipinski definition) is 1. The number of benzene rings is 1. The number of carbonyl (C=O) groups is 2. The number of hydrogen-bond acceptors (Lipinski definition) is 4. The van der Waals surface area contributed by atoms with Gasteiger partial charge in [0, 0.05) is 5.57 Å². The smallest absolute Gasteiger partial charge is 0.342 e. The average molecular weight is 255 g/mol. The number of para-hydroxylation sites is 1. The van der Waals surface area contributed by atoms with Crippen LogP contribution in [0.15, 0.2) is 35.9 Å². The molecule has 4 nitrogen and oxygen atoms in total. The molecule has 0 aromatic heterocycles. The Hall–Kier alpha value is -1.81. The highest BCUT2D eigenvalue weighted by atomic mass is 35.5. The Bertz CT molecular complexity index is 465. The van der Waals surface area contributed by atoms with Crippen LogP contribution in [0.4, 0.5) is 0 Å². The summed E-state index contributed by atoms with van der Waals surface area (Å²) in [7, 11) is 0. The summed E-state index contributed by atoms with van der Waals surface area (Å²) < 4.78 is 4.84. The second-order valence-electron chi connectivity index (χ2n) is 3.28. The van der Waals surface area contributed by atoms with Crippen molar-refractivity contribution >= 4 is 22.8 Å². The molecule has 0 amide bonds. The number of carbonyl (C=O) groups excluding carboxylic acids is 2. The largest absolute Gasteiger partial charge is 0.507 e. The van der Waals surface area contributed by atoms with Gasteiger partial charge in [-0.25, -0.2) is 4.79 Å². The summed E-state index contributed by atoms with van der Waals surface area (Å²) in [6.45, 7) is 1.45. The van der Waals surface area contributed by atoms with Crippen molar-refractivity contribution in [2.45, 2.75) is 6.92 Å². The summed E-state index contributed by atoms with van der Waals surface area (Å²) in [5, 5.41) is 8.79. The molecule has 0 aliphatic carbocycles. The van der Waals surface area contributed by atoms with Gasteiger partial charge >= 0.3 is 5.97 Å². The van der Waals surface area contributed by atoms with Crippen molar-refractivity contribution in [1.82, 2.24) is 0 Å². The summed E-state index contributed by atoms with van der Waals surface area (Å²) in [6, 6.07) is 6.04. The molecule has 0 bridgehead atoms. The number of phenols is 1. The number of aromatic hydroxyl groups is 1. The highest BCUT2D eigenvalue weighted by Crippen LogP contribution is 2.16.